The average Bonchev–Trinajstić information content (AvgIpc) is 3.15. The summed E-state index contributed by atoms with van der Waals surface area (Å²) in [5, 5.41) is 6.36. The largest absolute Gasteiger partial charge is 0.462 e. The topological polar surface area (TPSA) is 99.5 Å². The Labute approximate surface area is 169 Å². The van der Waals surface area contributed by atoms with E-state index >= 15 is 0 Å². The summed E-state index contributed by atoms with van der Waals surface area (Å²) >= 11 is 0.885. The first-order chi connectivity index (χ1) is 13.7. The van der Waals surface area contributed by atoms with Crippen LogP contribution in [0.4, 0.5) is 13.8 Å². The van der Waals surface area contributed by atoms with Crippen molar-refractivity contribution < 1.29 is 32.6 Å². The van der Waals surface area contributed by atoms with Gasteiger partial charge in [0.05, 0.1) is 18.8 Å². The van der Waals surface area contributed by atoms with E-state index in [0.29, 0.717) is 11.3 Å². The Morgan fingerprint density at radius 1 is 1.17 bits per heavy atom. The summed E-state index contributed by atoms with van der Waals surface area (Å²) in [4.78, 5) is 37.1. The van der Waals surface area contributed by atoms with Gasteiger partial charge in [0.25, 0.3) is 6.43 Å². The van der Waals surface area contributed by atoms with Crippen LogP contribution < -0.4 is 5.32 Å². The zero-order valence-electron chi connectivity index (χ0n) is 16.4. The van der Waals surface area contributed by atoms with Crippen molar-refractivity contribution in [1.82, 2.24) is 9.78 Å². The van der Waals surface area contributed by atoms with Crippen LogP contribution in [0.1, 0.15) is 57.3 Å². The molecular weight excluding hydrogens is 408 g/mol. The van der Waals surface area contributed by atoms with Crippen LogP contribution in [0.15, 0.2) is 6.07 Å². The molecule has 0 atom stereocenters. The number of carbonyl (C=O) groups is 3. The van der Waals surface area contributed by atoms with Crippen molar-refractivity contribution in [3.05, 3.63) is 33.5 Å². The molecule has 2 rings (SSSR count). The molecule has 0 aliphatic carbocycles. The van der Waals surface area contributed by atoms with Gasteiger partial charge in [-0.3, -0.25) is 9.48 Å². The van der Waals surface area contributed by atoms with E-state index in [-0.39, 0.29) is 35.2 Å². The van der Waals surface area contributed by atoms with Crippen molar-refractivity contribution in [1.29, 1.82) is 0 Å². The summed E-state index contributed by atoms with van der Waals surface area (Å²) < 4.78 is 36.7. The molecule has 8 nitrogen and oxygen atoms in total. The molecule has 0 radical (unpaired) electrons. The van der Waals surface area contributed by atoms with Crippen LogP contribution in [-0.2, 0) is 20.8 Å². The Balaban J connectivity index is 2.30. The number of halogens is 2. The lowest BCUT2D eigenvalue weighted by Gasteiger charge is -2.08. The summed E-state index contributed by atoms with van der Waals surface area (Å²) in [6, 6.07) is 1.19. The van der Waals surface area contributed by atoms with Crippen molar-refractivity contribution in [3.8, 4) is 0 Å². The minimum atomic E-state index is -2.75. The Morgan fingerprint density at radius 3 is 2.34 bits per heavy atom. The van der Waals surface area contributed by atoms with Crippen LogP contribution in [0.3, 0.4) is 0 Å². The first-order valence-corrected chi connectivity index (χ1v) is 9.61. The highest BCUT2D eigenvalue weighted by Crippen LogP contribution is 2.34. The summed E-state index contributed by atoms with van der Waals surface area (Å²) in [6.07, 6.45) is -2.75. The highest BCUT2D eigenvalue weighted by Gasteiger charge is 2.27. The van der Waals surface area contributed by atoms with Crippen molar-refractivity contribution in [2.75, 3.05) is 18.5 Å². The molecule has 2 aromatic heterocycles. The first-order valence-electron chi connectivity index (χ1n) is 8.79. The van der Waals surface area contributed by atoms with Crippen molar-refractivity contribution >= 4 is 34.2 Å². The number of aromatic nitrogens is 2. The molecule has 2 aromatic rings. The van der Waals surface area contributed by atoms with E-state index in [0.717, 1.165) is 16.0 Å². The third kappa shape index (κ3) is 5.17. The number of thiophene rings is 1. The average molecular weight is 429 g/mol. The molecule has 2 heterocycles. The number of anilines is 1. The van der Waals surface area contributed by atoms with Gasteiger partial charge in [-0.2, -0.15) is 5.10 Å². The van der Waals surface area contributed by atoms with E-state index in [1.165, 1.54) is 6.07 Å². The Morgan fingerprint density at radius 2 is 1.79 bits per heavy atom. The fourth-order valence-corrected chi connectivity index (χ4v) is 3.65. The minimum absolute atomic E-state index is 0.0544. The van der Waals surface area contributed by atoms with Crippen molar-refractivity contribution in [2.24, 2.45) is 0 Å². The second-order valence-electron chi connectivity index (χ2n) is 5.92. The van der Waals surface area contributed by atoms with Gasteiger partial charge in [0.1, 0.15) is 22.1 Å². The number of carbonyl (C=O) groups excluding carboxylic acids is 3. The van der Waals surface area contributed by atoms with E-state index in [1.807, 2.05) is 0 Å². The van der Waals surface area contributed by atoms with Gasteiger partial charge in [-0.25, -0.2) is 18.4 Å². The van der Waals surface area contributed by atoms with E-state index < -0.39 is 30.0 Å². The second kappa shape index (κ2) is 9.59. The maximum absolute atomic E-state index is 12.8. The highest BCUT2D eigenvalue weighted by atomic mass is 32.1. The summed E-state index contributed by atoms with van der Waals surface area (Å²) in [7, 11) is 0. The van der Waals surface area contributed by atoms with Gasteiger partial charge in [0, 0.05) is 5.69 Å². The number of aryl methyl sites for hydroxylation is 1. The molecule has 0 aliphatic heterocycles. The third-order valence-corrected chi connectivity index (χ3v) is 5.04. The van der Waals surface area contributed by atoms with E-state index in [2.05, 4.69) is 10.4 Å². The molecule has 0 unspecified atom stereocenters. The molecular formula is C18H21F2N3O5S. The number of hydrogen-bond acceptors (Lipinski definition) is 7. The fourth-order valence-electron chi connectivity index (χ4n) is 2.55. The zero-order valence-corrected chi connectivity index (χ0v) is 17.2. The fraction of sp³-hybridized carbons (Fsp3) is 0.444. The molecule has 0 saturated heterocycles. The van der Waals surface area contributed by atoms with Crippen molar-refractivity contribution in [2.45, 2.75) is 40.7 Å². The number of nitrogens with zero attached hydrogens (tertiary/aromatic N) is 2. The van der Waals surface area contributed by atoms with Gasteiger partial charge in [0.2, 0.25) is 5.91 Å². The standard InChI is InChI=1S/C18H21F2N3O5S/c1-5-27-17(25)13-10(4)14(18(26)28-6-2)29-16(13)21-12(24)8-23-9(3)7-11(22-23)15(19)20/h7,15H,5-6,8H2,1-4H3,(H,21,24). The number of rotatable bonds is 8. The maximum Gasteiger partial charge on any atom is 0.348 e. The van der Waals surface area contributed by atoms with E-state index in [1.54, 1.807) is 27.7 Å². The number of amides is 1. The van der Waals surface area contributed by atoms with Crippen LogP contribution >= 0.6 is 11.3 Å². The number of hydrogen-bond donors (Lipinski definition) is 1. The maximum atomic E-state index is 12.8. The van der Waals surface area contributed by atoms with Crippen LogP contribution in [-0.4, -0.2) is 40.8 Å². The molecule has 0 fully saturated rings. The van der Waals surface area contributed by atoms with Gasteiger partial charge in [-0.05, 0) is 39.3 Å². The molecule has 1 N–H and O–H groups in total. The van der Waals surface area contributed by atoms with Crippen LogP contribution in [0.5, 0.6) is 0 Å². The normalized spacial score (nSPS) is 10.9. The van der Waals surface area contributed by atoms with Crippen LogP contribution in [0.2, 0.25) is 0 Å². The lowest BCUT2D eigenvalue weighted by Crippen LogP contribution is -2.21. The SMILES string of the molecule is CCOC(=O)c1sc(NC(=O)Cn2nc(C(F)F)cc2C)c(C(=O)OCC)c1C. The number of alkyl halides is 2. The molecule has 0 bridgehead atoms. The third-order valence-electron chi connectivity index (χ3n) is 3.86. The van der Waals surface area contributed by atoms with E-state index in [9.17, 15) is 23.2 Å². The molecule has 0 saturated carbocycles. The van der Waals surface area contributed by atoms with E-state index in [4.69, 9.17) is 9.47 Å². The second-order valence-corrected chi connectivity index (χ2v) is 6.94. The summed E-state index contributed by atoms with van der Waals surface area (Å²) in [5.41, 5.74) is 0.339. The lowest BCUT2D eigenvalue weighted by molar-refractivity contribution is -0.116. The van der Waals surface area contributed by atoms with Crippen molar-refractivity contribution in [3.63, 3.8) is 0 Å². The van der Waals surface area contributed by atoms with Gasteiger partial charge in [-0.1, -0.05) is 0 Å². The van der Waals surface area contributed by atoms with Crippen LogP contribution in [0, 0.1) is 13.8 Å². The molecule has 0 aliphatic rings. The molecule has 158 valence electrons. The number of esters is 2. The smallest absolute Gasteiger partial charge is 0.348 e. The van der Waals surface area contributed by atoms with Crippen LogP contribution in [0.25, 0.3) is 0 Å². The molecule has 0 aromatic carbocycles. The summed E-state index contributed by atoms with van der Waals surface area (Å²) in [5.74, 6) is -1.91. The van der Waals surface area contributed by atoms with Gasteiger partial charge in [0.15, 0.2) is 0 Å². The Kier molecular flexibility index (Phi) is 7.43. The van der Waals surface area contributed by atoms with Gasteiger partial charge >= 0.3 is 11.9 Å². The summed E-state index contributed by atoms with van der Waals surface area (Å²) in [6.45, 7) is 6.30. The number of nitrogens with one attached hydrogen (secondary N) is 1. The Bertz CT molecular complexity index is 923. The molecule has 11 heteroatoms. The minimum Gasteiger partial charge on any atom is -0.462 e. The predicted molar refractivity (Wildman–Crippen MR) is 102 cm³/mol. The molecule has 0 spiro atoms. The predicted octanol–water partition coefficient (Wildman–Crippen LogP) is 3.49. The highest BCUT2D eigenvalue weighted by molar-refractivity contribution is 7.18. The lowest BCUT2D eigenvalue weighted by atomic mass is 10.1. The monoisotopic (exact) mass is 429 g/mol. The first kappa shape index (κ1) is 22.5. The zero-order chi connectivity index (χ0) is 21.7. The van der Waals surface area contributed by atoms with Gasteiger partial charge < -0.3 is 14.8 Å². The Hall–Kier alpha value is -2.82. The molecule has 29 heavy (non-hydrogen) atoms. The molecule has 1 amide bonds. The number of ether oxygens (including phenoxy) is 2. The van der Waals surface area contributed by atoms with Gasteiger partial charge in [-0.15, -0.1) is 11.3 Å². The quantitative estimate of drug-likeness (QED) is 0.645.